The molecule has 5 aromatic rings. The molecule has 0 radical (unpaired) electrons. The van der Waals surface area contributed by atoms with Crippen LogP contribution in [0.3, 0.4) is 0 Å². The number of allylic oxidation sites excluding steroid dienone is 1. The third-order valence-electron chi connectivity index (χ3n) is 9.05. The summed E-state index contributed by atoms with van der Waals surface area (Å²) in [5.41, 5.74) is 4.76. The third-order valence-corrected chi connectivity index (χ3v) is 9.05. The van der Waals surface area contributed by atoms with Gasteiger partial charge in [-0.1, -0.05) is 61.2 Å². The highest BCUT2D eigenvalue weighted by atomic mass is 16.5. The SMILES string of the molecule is C/C=C\C(=O)N(C)N(C)Cc1cc(Oc2ccc(C(C)(C)c3ccc(Oc4ccc(C)c(C(=O)N(C)n5occc5=O)c4)cc3)cc2)ccc1C. The molecule has 264 valence electrons. The number of rotatable bonds is 12. The number of likely N-dealkylation sites (N-methyl/N-ethyl adjacent to an activating group) is 1. The Balaban J connectivity index is 1.24. The minimum absolute atomic E-state index is 0.0835. The number of hydrogen-bond donors (Lipinski definition) is 0. The van der Waals surface area contributed by atoms with Crippen LogP contribution >= 0.6 is 0 Å². The zero-order valence-electron chi connectivity index (χ0n) is 30.3. The minimum Gasteiger partial charge on any atom is -0.457 e. The lowest BCUT2D eigenvalue weighted by molar-refractivity contribution is -0.138. The molecule has 0 atom stereocenters. The molecule has 0 spiro atoms. The maximum atomic E-state index is 13.2. The van der Waals surface area contributed by atoms with Crippen LogP contribution in [0, 0.1) is 13.8 Å². The Bertz CT molecular complexity index is 2090. The number of hydrazine groups is 1. The van der Waals surface area contributed by atoms with E-state index in [9.17, 15) is 14.4 Å². The maximum absolute atomic E-state index is 13.2. The molecular weight excluding hydrogens is 644 g/mol. The van der Waals surface area contributed by atoms with E-state index < -0.39 is 11.5 Å². The van der Waals surface area contributed by atoms with Gasteiger partial charge in [0.2, 0.25) is 0 Å². The number of amides is 2. The van der Waals surface area contributed by atoms with Crippen LogP contribution in [0.2, 0.25) is 0 Å². The summed E-state index contributed by atoms with van der Waals surface area (Å²) in [7, 11) is 5.11. The van der Waals surface area contributed by atoms with Crippen molar-refractivity contribution < 1.29 is 23.6 Å². The lowest BCUT2D eigenvalue weighted by Crippen LogP contribution is -2.41. The van der Waals surface area contributed by atoms with Crippen LogP contribution in [-0.2, 0) is 16.8 Å². The Morgan fingerprint density at radius 1 is 0.765 bits per heavy atom. The van der Waals surface area contributed by atoms with Gasteiger partial charge in [-0.25, -0.2) is 10.0 Å². The van der Waals surface area contributed by atoms with Gasteiger partial charge in [0.25, 0.3) is 11.8 Å². The first-order valence-electron chi connectivity index (χ1n) is 16.6. The van der Waals surface area contributed by atoms with Gasteiger partial charge in [0.05, 0.1) is 0 Å². The highest BCUT2D eigenvalue weighted by Gasteiger charge is 2.24. The molecule has 0 N–H and O–H groups in total. The number of benzene rings is 4. The van der Waals surface area contributed by atoms with Crippen molar-refractivity contribution in [2.24, 2.45) is 0 Å². The molecule has 1 aromatic heterocycles. The third kappa shape index (κ3) is 8.30. The second-order valence-electron chi connectivity index (χ2n) is 13.0. The molecule has 0 fully saturated rings. The zero-order valence-corrected chi connectivity index (χ0v) is 30.3. The van der Waals surface area contributed by atoms with Gasteiger partial charge in [-0.2, -0.15) is 0 Å². The van der Waals surface area contributed by atoms with E-state index in [0.29, 0.717) is 23.6 Å². The molecule has 0 aliphatic carbocycles. The quantitative estimate of drug-likeness (QED) is 0.0977. The smallest absolute Gasteiger partial charge is 0.304 e. The Morgan fingerprint density at radius 3 is 1.82 bits per heavy atom. The fourth-order valence-corrected chi connectivity index (χ4v) is 5.60. The summed E-state index contributed by atoms with van der Waals surface area (Å²) in [4.78, 5) is 38.3. The van der Waals surface area contributed by atoms with Crippen LogP contribution < -0.4 is 20.0 Å². The van der Waals surface area contributed by atoms with Gasteiger partial charge in [0, 0.05) is 50.8 Å². The topological polar surface area (TPSA) is 97.5 Å². The molecule has 5 rings (SSSR count). The Labute approximate surface area is 298 Å². The average Bonchev–Trinajstić information content (AvgIpc) is 3.55. The average molecular weight is 689 g/mol. The molecule has 2 amide bonds. The van der Waals surface area contributed by atoms with Gasteiger partial charge >= 0.3 is 5.56 Å². The first-order valence-corrected chi connectivity index (χ1v) is 16.6. The Hall–Kier alpha value is -5.87. The fourth-order valence-electron chi connectivity index (χ4n) is 5.60. The summed E-state index contributed by atoms with van der Waals surface area (Å²) in [5.74, 6) is 2.07. The van der Waals surface area contributed by atoms with Gasteiger partial charge in [-0.3, -0.25) is 19.4 Å². The predicted molar refractivity (Wildman–Crippen MR) is 198 cm³/mol. The Kier molecular flexibility index (Phi) is 11.0. The molecular formula is C41H44N4O6. The van der Waals surface area contributed by atoms with Crippen molar-refractivity contribution in [3.05, 3.63) is 153 Å². The summed E-state index contributed by atoms with van der Waals surface area (Å²) in [6.45, 7) is 10.6. The lowest BCUT2D eigenvalue weighted by Gasteiger charge is -2.28. The summed E-state index contributed by atoms with van der Waals surface area (Å²) < 4.78 is 17.5. The minimum atomic E-state index is -0.441. The molecule has 10 nitrogen and oxygen atoms in total. The molecule has 0 aliphatic rings. The van der Waals surface area contributed by atoms with Crippen molar-refractivity contribution in [2.45, 2.75) is 46.6 Å². The van der Waals surface area contributed by atoms with Gasteiger partial charge in [0.1, 0.15) is 29.3 Å². The fraction of sp³-hybridized carbons (Fsp3) is 0.244. The molecule has 0 aliphatic heterocycles. The maximum Gasteiger partial charge on any atom is 0.304 e. The molecule has 1 heterocycles. The van der Waals surface area contributed by atoms with Crippen LogP contribution in [0.15, 0.2) is 119 Å². The van der Waals surface area contributed by atoms with Gasteiger partial charge in [-0.05, 0) is 97.1 Å². The summed E-state index contributed by atoms with van der Waals surface area (Å²) in [5, 5.41) is 4.59. The largest absolute Gasteiger partial charge is 0.457 e. The van der Waals surface area contributed by atoms with Gasteiger partial charge < -0.3 is 14.0 Å². The number of carbonyl (C=O) groups is 2. The van der Waals surface area contributed by atoms with Crippen molar-refractivity contribution in [2.75, 3.05) is 26.2 Å². The monoisotopic (exact) mass is 688 g/mol. The van der Waals surface area contributed by atoms with Crippen LogP contribution in [-0.4, -0.2) is 47.8 Å². The molecule has 0 unspecified atom stereocenters. The van der Waals surface area contributed by atoms with Crippen molar-refractivity contribution in [3.8, 4) is 23.0 Å². The number of ether oxygens (including phenoxy) is 2. The van der Waals surface area contributed by atoms with E-state index in [1.54, 1.807) is 42.4 Å². The molecule has 10 heteroatoms. The number of carbonyl (C=O) groups excluding carboxylic acids is 2. The highest BCUT2D eigenvalue weighted by Crippen LogP contribution is 2.35. The summed E-state index contributed by atoms with van der Waals surface area (Å²) in [6.07, 6.45) is 4.51. The van der Waals surface area contributed by atoms with E-state index in [2.05, 4.69) is 26.0 Å². The second-order valence-corrected chi connectivity index (χ2v) is 13.0. The van der Waals surface area contributed by atoms with Gasteiger partial charge in [-0.15, -0.1) is 0 Å². The van der Waals surface area contributed by atoms with Crippen LogP contribution in [0.25, 0.3) is 0 Å². The number of nitrogens with zero attached hydrogens (tertiary/aromatic N) is 4. The molecule has 0 saturated heterocycles. The van der Waals surface area contributed by atoms with Gasteiger partial charge in [0.15, 0.2) is 0 Å². The van der Waals surface area contributed by atoms with Crippen LogP contribution in [0.5, 0.6) is 23.0 Å². The molecule has 0 saturated carbocycles. The van der Waals surface area contributed by atoms with Crippen LogP contribution in [0.1, 0.15) is 58.9 Å². The standard InChI is InChI=1S/C41H44N4O6/c1-9-10-38(46)43(7)42(6)27-30-25-35(17-11-28(30)2)50-33-19-13-31(14-20-33)41(4,5)32-15-21-34(22-16-32)51-36-18-12-29(3)37(26-36)40(48)44(8)45-39(47)23-24-49-45/h9-26H,27H2,1-8H3/b10-9-. The second kappa shape index (κ2) is 15.3. The van der Waals surface area contributed by atoms with E-state index in [1.165, 1.54) is 19.4 Å². The predicted octanol–water partition coefficient (Wildman–Crippen LogP) is 7.76. The first-order chi connectivity index (χ1) is 24.3. The van der Waals surface area contributed by atoms with Crippen molar-refractivity contribution in [1.29, 1.82) is 0 Å². The van der Waals surface area contributed by atoms with Crippen molar-refractivity contribution in [3.63, 3.8) is 0 Å². The Morgan fingerprint density at radius 2 is 1.29 bits per heavy atom. The zero-order chi connectivity index (χ0) is 36.9. The van der Waals surface area contributed by atoms with Crippen molar-refractivity contribution >= 4 is 11.8 Å². The molecule has 51 heavy (non-hydrogen) atoms. The van der Waals surface area contributed by atoms with E-state index in [4.69, 9.17) is 14.0 Å². The molecule has 0 bridgehead atoms. The number of aromatic nitrogens is 1. The summed E-state index contributed by atoms with van der Waals surface area (Å²) in [6, 6.07) is 28.5. The molecule has 4 aromatic carbocycles. The van der Waals surface area contributed by atoms with E-state index in [-0.39, 0.29) is 11.3 Å². The highest BCUT2D eigenvalue weighted by molar-refractivity contribution is 6.02. The van der Waals surface area contributed by atoms with Crippen LogP contribution in [0.4, 0.5) is 0 Å². The van der Waals surface area contributed by atoms with Crippen molar-refractivity contribution in [1.82, 2.24) is 14.9 Å². The normalized spacial score (nSPS) is 11.5. The lowest BCUT2D eigenvalue weighted by atomic mass is 9.78. The number of hydrogen-bond acceptors (Lipinski definition) is 7. The number of aryl methyl sites for hydroxylation is 2. The van der Waals surface area contributed by atoms with E-state index in [0.717, 1.165) is 49.2 Å². The van der Waals surface area contributed by atoms with E-state index in [1.807, 2.05) is 87.4 Å². The first kappa shape index (κ1) is 36.4. The van der Waals surface area contributed by atoms with E-state index >= 15 is 0 Å². The summed E-state index contributed by atoms with van der Waals surface area (Å²) >= 11 is 0.